The summed E-state index contributed by atoms with van der Waals surface area (Å²) in [5, 5.41) is 9.59. The van der Waals surface area contributed by atoms with Gasteiger partial charge in [-0.05, 0) is 55.2 Å². The number of nitrogens with zero attached hydrogens (tertiary/aromatic N) is 2. The topological polar surface area (TPSA) is 71.8 Å². The van der Waals surface area contributed by atoms with Gasteiger partial charge < -0.3 is 19.3 Å². The molecule has 0 radical (unpaired) electrons. The maximum Gasteiger partial charge on any atom is 0.335 e. The molecule has 3 aromatic rings. The van der Waals surface area contributed by atoms with Gasteiger partial charge in [0.25, 0.3) is 5.56 Å². The highest BCUT2D eigenvalue weighted by molar-refractivity contribution is 6.34. The van der Waals surface area contributed by atoms with E-state index < -0.39 is 5.97 Å². The Hall–Kier alpha value is -2.96. The van der Waals surface area contributed by atoms with Crippen LogP contribution in [0.3, 0.4) is 0 Å². The Balaban J connectivity index is 1.63. The molecule has 0 atom stereocenters. The number of carboxylic acids is 1. The van der Waals surface area contributed by atoms with Gasteiger partial charge in [-0.3, -0.25) is 4.79 Å². The van der Waals surface area contributed by atoms with E-state index in [1.807, 2.05) is 19.1 Å². The van der Waals surface area contributed by atoms with E-state index in [0.29, 0.717) is 36.8 Å². The summed E-state index contributed by atoms with van der Waals surface area (Å²) in [7, 11) is 0. The number of hydrogen-bond donors (Lipinski definition) is 1. The van der Waals surface area contributed by atoms with Crippen LogP contribution in [-0.4, -0.2) is 28.8 Å². The molecule has 1 N–H and O–H groups in total. The minimum atomic E-state index is -0.973. The maximum absolute atomic E-state index is 12.9. The van der Waals surface area contributed by atoms with Crippen LogP contribution in [0.25, 0.3) is 0 Å². The van der Waals surface area contributed by atoms with Crippen molar-refractivity contribution >= 4 is 34.9 Å². The lowest BCUT2D eigenvalue weighted by Gasteiger charge is -2.25. The van der Waals surface area contributed by atoms with Crippen molar-refractivity contribution in [2.45, 2.75) is 32.9 Å². The molecule has 0 spiro atoms. The number of aryl methyl sites for hydroxylation is 1. The third-order valence-electron chi connectivity index (χ3n) is 5.82. The van der Waals surface area contributed by atoms with E-state index >= 15 is 0 Å². The zero-order chi connectivity index (χ0) is 23.5. The third-order valence-corrected chi connectivity index (χ3v) is 6.42. The second-order valence-electron chi connectivity index (χ2n) is 7.86. The van der Waals surface area contributed by atoms with Gasteiger partial charge in [-0.15, -0.1) is 0 Å². The highest BCUT2D eigenvalue weighted by atomic mass is 35.5. The van der Waals surface area contributed by atoms with Crippen molar-refractivity contribution in [1.82, 2.24) is 4.57 Å². The fourth-order valence-corrected chi connectivity index (χ4v) is 4.73. The Morgan fingerprint density at radius 3 is 2.58 bits per heavy atom. The number of fused-ring (bicyclic) bond motifs is 1. The van der Waals surface area contributed by atoms with Crippen LogP contribution < -0.4 is 15.2 Å². The molecule has 1 aliphatic rings. The van der Waals surface area contributed by atoms with Gasteiger partial charge >= 0.3 is 5.97 Å². The van der Waals surface area contributed by atoms with Gasteiger partial charge in [-0.25, -0.2) is 4.79 Å². The molecule has 0 saturated heterocycles. The van der Waals surface area contributed by atoms with Crippen LogP contribution in [-0.2, 0) is 25.9 Å². The first kappa shape index (κ1) is 23.2. The Morgan fingerprint density at radius 1 is 1.12 bits per heavy atom. The first-order valence-corrected chi connectivity index (χ1v) is 11.5. The van der Waals surface area contributed by atoms with Gasteiger partial charge in [0.1, 0.15) is 10.8 Å². The molecule has 6 nitrogen and oxygen atoms in total. The lowest BCUT2D eigenvalue weighted by molar-refractivity contribution is 0.0697. The number of halogens is 2. The summed E-state index contributed by atoms with van der Waals surface area (Å²) >= 11 is 12.8. The van der Waals surface area contributed by atoms with Crippen molar-refractivity contribution in [3.63, 3.8) is 0 Å². The molecule has 0 aliphatic carbocycles. The molecule has 0 saturated carbocycles. The lowest BCUT2D eigenvalue weighted by atomic mass is 10.1. The van der Waals surface area contributed by atoms with E-state index in [1.165, 1.54) is 11.6 Å². The Kier molecular flexibility index (Phi) is 6.96. The number of para-hydroxylation sites is 1. The number of carboxylic acid groups (broad SMARTS) is 1. The molecule has 172 valence electrons. The van der Waals surface area contributed by atoms with Crippen LogP contribution in [0.2, 0.25) is 10.0 Å². The average Bonchev–Trinajstić information content (AvgIpc) is 3.21. The van der Waals surface area contributed by atoms with E-state index in [9.17, 15) is 9.59 Å². The van der Waals surface area contributed by atoms with Crippen molar-refractivity contribution in [1.29, 1.82) is 0 Å². The molecule has 33 heavy (non-hydrogen) atoms. The zero-order valence-corrected chi connectivity index (χ0v) is 19.7. The molecule has 0 unspecified atom stereocenters. The Bertz CT molecular complexity index is 1240. The van der Waals surface area contributed by atoms with Crippen LogP contribution in [0.1, 0.15) is 34.1 Å². The predicted molar refractivity (Wildman–Crippen MR) is 130 cm³/mol. The van der Waals surface area contributed by atoms with Crippen LogP contribution in [0.5, 0.6) is 5.75 Å². The average molecular weight is 487 g/mol. The molecule has 2 aromatic carbocycles. The van der Waals surface area contributed by atoms with Gasteiger partial charge in [-0.2, -0.15) is 0 Å². The molecule has 8 heteroatoms. The monoisotopic (exact) mass is 486 g/mol. The lowest BCUT2D eigenvalue weighted by Crippen LogP contribution is -2.30. The minimum Gasteiger partial charge on any atom is -0.492 e. The highest BCUT2D eigenvalue weighted by Crippen LogP contribution is 2.38. The number of hydrogen-bond acceptors (Lipinski definition) is 4. The Labute approximate surface area is 201 Å². The zero-order valence-electron chi connectivity index (χ0n) is 18.2. The first-order valence-electron chi connectivity index (χ1n) is 10.8. The van der Waals surface area contributed by atoms with Crippen molar-refractivity contribution in [2.75, 3.05) is 18.1 Å². The summed E-state index contributed by atoms with van der Waals surface area (Å²) in [6.07, 6.45) is 1.42. The normalized spacial score (nSPS) is 12.6. The fraction of sp³-hybridized carbons (Fsp3) is 0.280. The highest BCUT2D eigenvalue weighted by Gasteiger charge is 2.25. The fourth-order valence-electron chi connectivity index (χ4n) is 4.20. The smallest absolute Gasteiger partial charge is 0.335 e. The summed E-state index contributed by atoms with van der Waals surface area (Å²) < 4.78 is 7.47. The SMILES string of the molecule is CCOc1cccc2c1N(Cc1c(Cl)cc(Cl)c(=O)n1CCc1ccc(C(=O)O)cc1)CC2. The van der Waals surface area contributed by atoms with E-state index in [1.54, 1.807) is 28.8 Å². The number of aromatic carboxylic acids is 1. The standard InChI is InChI=1S/C25H24Cl2N2O4/c1-2-33-22-5-3-4-17-11-12-28(23(17)22)15-21-19(26)14-20(27)24(30)29(21)13-10-16-6-8-18(9-7-16)25(31)32/h3-9,14H,2,10-13,15H2,1H3,(H,31,32). The van der Waals surface area contributed by atoms with Gasteiger partial charge in [-0.1, -0.05) is 47.5 Å². The number of rotatable bonds is 8. The number of pyridine rings is 1. The molecule has 2 heterocycles. The molecular formula is C25H24Cl2N2O4. The number of carbonyl (C=O) groups is 1. The van der Waals surface area contributed by atoms with Crippen LogP contribution in [0, 0.1) is 0 Å². The minimum absolute atomic E-state index is 0.0711. The van der Waals surface area contributed by atoms with Crippen molar-refractivity contribution < 1.29 is 14.6 Å². The van der Waals surface area contributed by atoms with Gasteiger partial charge in [0.15, 0.2) is 0 Å². The molecule has 1 aliphatic heterocycles. The second-order valence-corrected chi connectivity index (χ2v) is 8.68. The molecular weight excluding hydrogens is 463 g/mol. The van der Waals surface area contributed by atoms with E-state index in [2.05, 4.69) is 11.0 Å². The number of benzene rings is 2. The maximum atomic E-state index is 12.9. The van der Waals surface area contributed by atoms with Crippen molar-refractivity contribution in [2.24, 2.45) is 0 Å². The summed E-state index contributed by atoms with van der Waals surface area (Å²) in [6, 6.07) is 14.2. The second kappa shape index (κ2) is 9.89. The summed E-state index contributed by atoms with van der Waals surface area (Å²) in [6.45, 7) is 4.13. The summed E-state index contributed by atoms with van der Waals surface area (Å²) in [4.78, 5) is 26.2. The number of aromatic nitrogens is 1. The van der Waals surface area contributed by atoms with Crippen LogP contribution >= 0.6 is 23.2 Å². The Morgan fingerprint density at radius 2 is 1.88 bits per heavy atom. The number of ether oxygens (including phenoxy) is 1. The molecule has 4 rings (SSSR count). The van der Waals surface area contributed by atoms with E-state index in [0.717, 1.165) is 30.0 Å². The van der Waals surface area contributed by atoms with E-state index in [4.69, 9.17) is 33.0 Å². The van der Waals surface area contributed by atoms with Crippen molar-refractivity contribution in [3.8, 4) is 5.75 Å². The van der Waals surface area contributed by atoms with E-state index in [-0.39, 0.29) is 16.1 Å². The molecule has 0 amide bonds. The number of anilines is 1. The van der Waals surface area contributed by atoms with Crippen molar-refractivity contribution in [3.05, 3.63) is 91.3 Å². The van der Waals surface area contributed by atoms with Gasteiger partial charge in [0.05, 0.1) is 35.1 Å². The van der Waals surface area contributed by atoms with Gasteiger partial charge in [0, 0.05) is 13.1 Å². The summed E-state index contributed by atoms with van der Waals surface area (Å²) in [5.74, 6) is -0.149. The molecule has 0 bridgehead atoms. The quantitative estimate of drug-likeness (QED) is 0.481. The first-order chi connectivity index (χ1) is 15.9. The third kappa shape index (κ3) is 4.87. The largest absolute Gasteiger partial charge is 0.492 e. The predicted octanol–water partition coefficient (Wildman–Crippen LogP) is 5.06. The summed E-state index contributed by atoms with van der Waals surface area (Å²) in [5.41, 5.74) is 3.77. The molecule has 0 fully saturated rings. The van der Waals surface area contributed by atoms with Gasteiger partial charge in [0.2, 0.25) is 0 Å². The van der Waals surface area contributed by atoms with Crippen LogP contribution in [0.15, 0.2) is 53.3 Å². The van der Waals surface area contributed by atoms with Crippen LogP contribution in [0.4, 0.5) is 5.69 Å². The molecule has 1 aromatic heterocycles.